The molecule has 0 unspecified atom stereocenters. The van der Waals surface area contributed by atoms with E-state index in [1.54, 1.807) is 13.2 Å². The first-order valence-corrected chi connectivity index (χ1v) is 3.85. The summed E-state index contributed by atoms with van der Waals surface area (Å²) >= 11 is 0. The number of hydrogen-bond acceptors (Lipinski definition) is 4. The Morgan fingerprint density at radius 3 is 2.69 bits per heavy atom. The molecule has 74 valence electrons. The van der Waals surface area contributed by atoms with Crippen LogP contribution >= 0.6 is 12.4 Å². The Hall–Kier alpha value is -0.870. The third-order valence-corrected chi connectivity index (χ3v) is 1.45. The number of methoxy groups -OCH3 is 1. The molecule has 1 rings (SSSR count). The van der Waals surface area contributed by atoms with E-state index in [9.17, 15) is 0 Å². The van der Waals surface area contributed by atoms with Crippen molar-refractivity contribution in [3.05, 3.63) is 17.6 Å². The second-order valence-electron chi connectivity index (χ2n) is 2.51. The van der Waals surface area contributed by atoms with Crippen LogP contribution in [0.4, 0.5) is 0 Å². The number of halogens is 1. The maximum atomic E-state index is 5.38. The van der Waals surface area contributed by atoms with E-state index in [2.05, 4.69) is 9.97 Å². The van der Waals surface area contributed by atoms with Crippen molar-refractivity contribution in [2.45, 2.75) is 13.3 Å². The number of nitrogens with zero attached hydrogens (tertiary/aromatic N) is 2. The van der Waals surface area contributed by atoms with Crippen LogP contribution in [0.25, 0.3) is 0 Å². The summed E-state index contributed by atoms with van der Waals surface area (Å²) in [5, 5.41) is 0. The van der Waals surface area contributed by atoms with Gasteiger partial charge in [0.2, 0.25) is 5.88 Å². The van der Waals surface area contributed by atoms with Crippen molar-refractivity contribution in [3.8, 4) is 5.88 Å². The molecule has 0 aliphatic heterocycles. The number of aromatic nitrogens is 2. The van der Waals surface area contributed by atoms with E-state index in [4.69, 9.17) is 10.5 Å². The highest BCUT2D eigenvalue weighted by atomic mass is 35.5. The summed E-state index contributed by atoms with van der Waals surface area (Å²) in [4.78, 5) is 8.33. The summed E-state index contributed by atoms with van der Waals surface area (Å²) < 4.78 is 4.99. The lowest BCUT2D eigenvalue weighted by atomic mass is 10.3. The molecular formula is C8H14ClN3O. The molecule has 0 spiro atoms. The zero-order valence-electron chi connectivity index (χ0n) is 7.78. The van der Waals surface area contributed by atoms with Crippen LogP contribution in [0.3, 0.4) is 0 Å². The molecule has 0 fully saturated rings. The minimum Gasteiger partial charge on any atom is -0.481 e. The van der Waals surface area contributed by atoms with Gasteiger partial charge in [0, 0.05) is 18.2 Å². The summed E-state index contributed by atoms with van der Waals surface area (Å²) in [5.74, 6) is 1.35. The molecule has 0 radical (unpaired) electrons. The summed E-state index contributed by atoms with van der Waals surface area (Å²) in [6.45, 7) is 2.47. The lowest BCUT2D eigenvalue weighted by molar-refractivity contribution is 0.394. The van der Waals surface area contributed by atoms with E-state index in [1.807, 2.05) is 6.92 Å². The molecule has 1 heterocycles. The molecule has 0 aliphatic carbocycles. The molecular weight excluding hydrogens is 190 g/mol. The largest absolute Gasteiger partial charge is 0.481 e. The third kappa shape index (κ3) is 3.57. The van der Waals surface area contributed by atoms with E-state index in [0.29, 0.717) is 18.8 Å². The maximum absolute atomic E-state index is 5.38. The van der Waals surface area contributed by atoms with Crippen LogP contribution in [0, 0.1) is 6.92 Å². The van der Waals surface area contributed by atoms with E-state index in [1.165, 1.54) is 0 Å². The van der Waals surface area contributed by atoms with Crippen molar-refractivity contribution in [3.63, 3.8) is 0 Å². The fourth-order valence-electron chi connectivity index (χ4n) is 0.944. The van der Waals surface area contributed by atoms with Gasteiger partial charge in [-0.2, -0.15) is 4.98 Å². The monoisotopic (exact) mass is 203 g/mol. The molecule has 1 aromatic rings. The van der Waals surface area contributed by atoms with E-state index in [0.717, 1.165) is 11.5 Å². The first-order chi connectivity index (χ1) is 5.76. The van der Waals surface area contributed by atoms with Crippen molar-refractivity contribution in [1.82, 2.24) is 9.97 Å². The van der Waals surface area contributed by atoms with Gasteiger partial charge >= 0.3 is 0 Å². The molecule has 0 amide bonds. The second kappa shape index (κ2) is 5.72. The lowest BCUT2D eigenvalue weighted by Gasteiger charge is -2.02. The van der Waals surface area contributed by atoms with Crippen LogP contribution in [0.2, 0.25) is 0 Å². The van der Waals surface area contributed by atoms with Gasteiger partial charge < -0.3 is 10.5 Å². The van der Waals surface area contributed by atoms with Gasteiger partial charge in [-0.25, -0.2) is 4.98 Å². The number of aryl methyl sites for hydroxylation is 1. The van der Waals surface area contributed by atoms with Crippen molar-refractivity contribution in [2.24, 2.45) is 5.73 Å². The molecule has 0 saturated heterocycles. The first kappa shape index (κ1) is 12.1. The summed E-state index contributed by atoms with van der Waals surface area (Å²) in [7, 11) is 1.59. The van der Waals surface area contributed by atoms with Crippen molar-refractivity contribution in [1.29, 1.82) is 0 Å². The van der Waals surface area contributed by atoms with Crippen LogP contribution < -0.4 is 10.5 Å². The Morgan fingerprint density at radius 1 is 1.46 bits per heavy atom. The highest BCUT2D eigenvalue weighted by molar-refractivity contribution is 5.85. The normalized spacial score (nSPS) is 9.15. The highest BCUT2D eigenvalue weighted by Gasteiger charge is 2.00. The standard InChI is InChI=1S/C8H13N3O.ClH/c1-6-5-8(12-2)11-7(10-6)3-4-9;/h5H,3-4,9H2,1-2H3;1H. The molecule has 0 saturated carbocycles. The molecule has 0 bridgehead atoms. The summed E-state index contributed by atoms with van der Waals surface area (Å²) in [5.41, 5.74) is 6.29. The average molecular weight is 204 g/mol. The predicted octanol–water partition coefficient (Wildman–Crippen LogP) is 0.717. The Morgan fingerprint density at radius 2 is 2.15 bits per heavy atom. The lowest BCUT2D eigenvalue weighted by Crippen LogP contribution is -2.07. The average Bonchev–Trinajstić information content (AvgIpc) is 2.04. The molecule has 5 heteroatoms. The molecule has 13 heavy (non-hydrogen) atoms. The number of rotatable bonds is 3. The quantitative estimate of drug-likeness (QED) is 0.787. The number of ether oxygens (including phenoxy) is 1. The van der Waals surface area contributed by atoms with E-state index < -0.39 is 0 Å². The Bertz CT molecular complexity index is 268. The molecule has 1 aromatic heterocycles. The van der Waals surface area contributed by atoms with Crippen molar-refractivity contribution >= 4 is 12.4 Å². The molecule has 4 nitrogen and oxygen atoms in total. The summed E-state index contributed by atoms with van der Waals surface area (Å²) in [6, 6.07) is 1.79. The van der Waals surface area contributed by atoms with Crippen LogP contribution in [0.15, 0.2) is 6.07 Å². The molecule has 0 atom stereocenters. The van der Waals surface area contributed by atoms with Gasteiger partial charge in [-0.15, -0.1) is 12.4 Å². The van der Waals surface area contributed by atoms with Crippen molar-refractivity contribution in [2.75, 3.05) is 13.7 Å². The first-order valence-electron chi connectivity index (χ1n) is 3.85. The Kier molecular flexibility index (Phi) is 5.34. The van der Waals surface area contributed by atoms with Crippen LogP contribution in [0.1, 0.15) is 11.5 Å². The fraction of sp³-hybridized carbons (Fsp3) is 0.500. The smallest absolute Gasteiger partial charge is 0.216 e. The van der Waals surface area contributed by atoms with Gasteiger partial charge in [0.05, 0.1) is 7.11 Å². The topological polar surface area (TPSA) is 61.0 Å². The van der Waals surface area contributed by atoms with Gasteiger partial charge in [0.15, 0.2) is 0 Å². The van der Waals surface area contributed by atoms with Gasteiger partial charge in [-0.05, 0) is 13.5 Å². The number of nitrogens with two attached hydrogens (primary N) is 1. The molecule has 2 N–H and O–H groups in total. The van der Waals surface area contributed by atoms with E-state index in [-0.39, 0.29) is 12.4 Å². The molecule has 0 aliphatic rings. The van der Waals surface area contributed by atoms with Crippen LogP contribution in [-0.4, -0.2) is 23.6 Å². The van der Waals surface area contributed by atoms with Gasteiger partial charge in [-0.1, -0.05) is 0 Å². The SMILES string of the molecule is COc1cc(C)nc(CCN)n1.Cl. The predicted molar refractivity (Wildman–Crippen MR) is 53.3 cm³/mol. The Labute approximate surface area is 83.9 Å². The fourth-order valence-corrected chi connectivity index (χ4v) is 0.944. The zero-order valence-corrected chi connectivity index (χ0v) is 8.60. The third-order valence-electron chi connectivity index (χ3n) is 1.45. The second-order valence-corrected chi connectivity index (χ2v) is 2.51. The van der Waals surface area contributed by atoms with Gasteiger partial charge in [0.1, 0.15) is 5.82 Å². The summed E-state index contributed by atoms with van der Waals surface area (Å²) in [6.07, 6.45) is 0.692. The number of hydrogen-bond donors (Lipinski definition) is 1. The van der Waals surface area contributed by atoms with Crippen molar-refractivity contribution < 1.29 is 4.74 Å². The zero-order chi connectivity index (χ0) is 8.97. The van der Waals surface area contributed by atoms with Crippen LogP contribution in [0.5, 0.6) is 5.88 Å². The van der Waals surface area contributed by atoms with Gasteiger partial charge in [-0.3, -0.25) is 0 Å². The Balaban J connectivity index is 0.00000144. The van der Waals surface area contributed by atoms with Gasteiger partial charge in [0.25, 0.3) is 0 Å². The molecule has 0 aromatic carbocycles. The minimum atomic E-state index is 0. The van der Waals surface area contributed by atoms with Crippen LogP contribution in [-0.2, 0) is 6.42 Å². The minimum absolute atomic E-state index is 0. The maximum Gasteiger partial charge on any atom is 0.216 e. The highest BCUT2D eigenvalue weighted by Crippen LogP contribution is 2.07. The van der Waals surface area contributed by atoms with E-state index >= 15 is 0 Å².